The highest BCUT2D eigenvalue weighted by Gasteiger charge is 2.20. The van der Waals surface area contributed by atoms with Crippen LogP contribution in [-0.4, -0.2) is 43.5 Å². The molecule has 2 heterocycles. The zero-order valence-corrected chi connectivity index (χ0v) is 13.9. The van der Waals surface area contributed by atoms with Gasteiger partial charge in [0, 0.05) is 17.5 Å². The molecule has 1 atom stereocenters. The smallest absolute Gasteiger partial charge is 0.234 e. The van der Waals surface area contributed by atoms with E-state index in [0.717, 1.165) is 28.7 Å². The van der Waals surface area contributed by atoms with Crippen molar-refractivity contribution in [1.29, 1.82) is 0 Å². The summed E-state index contributed by atoms with van der Waals surface area (Å²) < 4.78 is 0.761. The van der Waals surface area contributed by atoms with Crippen LogP contribution >= 0.6 is 35.3 Å². The molecule has 0 radical (unpaired) electrons. The van der Waals surface area contributed by atoms with E-state index in [0.29, 0.717) is 19.1 Å². The molecule has 20 heavy (non-hydrogen) atoms. The fourth-order valence-corrected chi connectivity index (χ4v) is 3.35. The van der Waals surface area contributed by atoms with Crippen molar-refractivity contribution in [2.45, 2.75) is 25.4 Å². The van der Waals surface area contributed by atoms with E-state index in [-0.39, 0.29) is 18.3 Å². The summed E-state index contributed by atoms with van der Waals surface area (Å²) in [7, 11) is 1.98. The largest absolute Gasteiger partial charge is 0.350 e. The average molecular weight is 338 g/mol. The van der Waals surface area contributed by atoms with E-state index in [1.165, 1.54) is 17.8 Å². The van der Waals surface area contributed by atoms with Crippen molar-refractivity contribution < 1.29 is 4.79 Å². The van der Waals surface area contributed by atoms with Crippen LogP contribution in [0.2, 0.25) is 4.34 Å². The molecular weight excluding hydrogens is 317 g/mol. The molecule has 0 aliphatic carbocycles. The van der Waals surface area contributed by atoms with Gasteiger partial charge in [0.1, 0.15) is 0 Å². The number of thiophene rings is 1. The second-order valence-electron chi connectivity index (χ2n) is 4.85. The molecule has 2 rings (SSSR count). The number of hydrogen-bond acceptors (Lipinski definition) is 4. The summed E-state index contributed by atoms with van der Waals surface area (Å²) in [4.78, 5) is 15.2. The fraction of sp³-hybridized carbons (Fsp3) is 0.615. The van der Waals surface area contributed by atoms with E-state index in [1.54, 1.807) is 0 Å². The molecule has 1 unspecified atom stereocenters. The molecule has 7 heteroatoms. The van der Waals surface area contributed by atoms with E-state index in [4.69, 9.17) is 11.6 Å². The SMILES string of the molecule is CNC1CCCN(CC(=O)NCc2ccc(Cl)s2)C1.Cl. The maximum absolute atomic E-state index is 11.9. The minimum Gasteiger partial charge on any atom is -0.350 e. The lowest BCUT2D eigenvalue weighted by atomic mass is 10.1. The van der Waals surface area contributed by atoms with Gasteiger partial charge in [-0.1, -0.05) is 11.6 Å². The van der Waals surface area contributed by atoms with Crippen molar-refractivity contribution in [2.75, 3.05) is 26.7 Å². The normalized spacial score (nSPS) is 19.4. The predicted molar refractivity (Wildman–Crippen MR) is 86.9 cm³/mol. The fourth-order valence-electron chi connectivity index (χ4n) is 2.33. The quantitative estimate of drug-likeness (QED) is 0.864. The van der Waals surface area contributed by atoms with Crippen LogP contribution in [0.5, 0.6) is 0 Å². The van der Waals surface area contributed by atoms with Crippen LogP contribution in [0.1, 0.15) is 17.7 Å². The standard InChI is InChI=1S/C13H20ClN3OS.ClH/c1-15-10-3-2-6-17(8-10)9-13(18)16-7-11-4-5-12(14)19-11;/h4-5,10,15H,2-3,6-9H2,1H3,(H,16,18);1H. The summed E-state index contributed by atoms with van der Waals surface area (Å²) in [5.74, 6) is 0.0845. The number of halogens is 2. The van der Waals surface area contributed by atoms with Crippen molar-refractivity contribution in [3.63, 3.8) is 0 Å². The first-order valence-electron chi connectivity index (χ1n) is 6.58. The van der Waals surface area contributed by atoms with Crippen LogP contribution in [0.15, 0.2) is 12.1 Å². The lowest BCUT2D eigenvalue weighted by Crippen LogP contribution is -2.47. The van der Waals surface area contributed by atoms with Gasteiger partial charge in [-0.05, 0) is 38.6 Å². The molecule has 1 fully saturated rings. The van der Waals surface area contributed by atoms with Gasteiger partial charge in [0.05, 0.1) is 17.4 Å². The first kappa shape index (κ1) is 17.7. The highest BCUT2D eigenvalue weighted by Crippen LogP contribution is 2.20. The molecule has 1 aliphatic rings. The van der Waals surface area contributed by atoms with E-state index in [1.807, 2.05) is 19.2 Å². The van der Waals surface area contributed by atoms with Gasteiger partial charge in [-0.15, -0.1) is 23.7 Å². The van der Waals surface area contributed by atoms with Gasteiger partial charge in [0.25, 0.3) is 0 Å². The monoisotopic (exact) mass is 337 g/mol. The Morgan fingerprint density at radius 1 is 1.55 bits per heavy atom. The summed E-state index contributed by atoms with van der Waals surface area (Å²) in [6, 6.07) is 4.32. The summed E-state index contributed by atoms with van der Waals surface area (Å²) in [6.07, 6.45) is 2.35. The van der Waals surface area contributed by atoms with Crippen LogP contribution in [0.4, 0.5) is 0 Å². The minimum atomic E-state index is 0. The van der Waals surface area contributed by atoms with E-state index in [9.17, 15) is 4.79 Å². The number of amides is 1. The molecule has 4 nitrogen and oxygen atoms in total. The predicted octanol–water partition coefficient (Wildman–Crippen LogP) is 2.12. The Bertz CT molecular complexity index is 428. The van der Waals surface area contributed by atoms with Crippen LogP contribution in [0, 0.1) is 0 Å². The Balaban J connectivity index is 0.00000200. The second-order valence-corrected chi connectivity index (χ2v) is 6.65. The van der Waals surface area contributed by atoms with Crippen molar-refractivity contribution in [3.8, 4) is 0 Å². The van der Waals surface area contributed by atoms with Crippen molar-refractivity contribution in [2.24, 2.45) is 0 Å². The average Bonchev–Trinajstić information content (AvgIpc) is 2.82. The lowest BCUT2D eigenvalue weighted by Gasteiger charge is -2.31. The molecule has 1 amide bonds. The van der Waals surface area contributed by atoms with Gasteiger partial charge in [-0.2, -0.15) is 0 Å². The van der Waals surface area contributed by atoms with Crippen molar-refractivity contribution in [1.82, 2.24) is 15.5 Å². The van der Waals surface area contributed by atoms with Gasteiger partial charge in [-0.25, -0.2) is 0 Å². The number of likely N-dealkylation sites (N-methyl/N-ethyl adjacent to an activating group) is 1. The molecule has 1 saturated heterocycles. The van der Waals surface area contributed by atoms with Gasteiger partial charge in [0.15, 0.2) is 0 Å². The summed E-state index contributed by atoms with van der Waals surface area (Å²) >= 11 is 7.36. The third-order valence-corrected chi connectivity index (χ3v) is 4.60. The van der Waals surface area contributed by atoms with E-state index in [2.05, 4.69) is 15.5 Å². The Morgan fingerprint density at radius 2 is 2.35 bits per heavy atom. The Labute approximate surface area is 135 Å². The maximum atomic E-state index is 11.9. The first-order valence-corrected chi connectivity index (χ1v) is 7.77. The van der Waals surface area contributed by atoms with E-state index < -0.39 is 0 Å². The number of nitrogens with one attached hydrogen (secondary N) is 2. The molecule has 2 N–H and O–H groups in total. The first-order chi connectivity index (χ1) is 9.17. The number of carbonyl (C=O) groups is 1. The third-order valence-electron chi connectivity index (χ3n) is 3.37. The Kier molecular flexibility index (Phi) is 7.84. The van der Waals surface area contributed by atoms with Crippen LogP contribution in [0.25, 0.3) is 0 Å². The number of carbonyl (C=O) groups excluding carboxylic acids is 1. The van der Waals surface area contributed by atoms with Crippen LogP contribution < -0.4 is 10.6 Å². The summed E-state index contributed by atoms with van der Waals surface area (Å²) in [6.45, 7) is 3.02. The molecule has 0 spiro atoms. The molecule has 1 aromatic rings. The molecule has 0 saturated carbocycles. The lowest BCUT2D eigenvalue weighted by molar-refractivity contribution is -0.122. The zero-order chi connectivity index (χ0) is 13.7. The highest BCUT2D eigenvalue weighted by molar-refractivity contribution is 7.16. The van der Waals surface area contributed by atoms with Crippen molar-refractivity contribution in [3.05, 3.63) is 21.3 Å². The molecule has 1 aromatic heterocycles. The maximum Gasteiger partial charge on any atom is 0.234 e. The molecule has 0 aromatic carbocycles. The van der Waals surface area contributed by atoms with Crippen molar-refractivity contribution >= 4 is 41.3 Å². The number of nitrogens with zero attached hydrogens (tertiary/aromatic N) is 1. The zero-order valence-electron chi connectivity index (χ0n) is 11.5. The van der Waals surface area contributed by atoms with Crippen LogP contribution in [0.3, 0.4) is 0 Å². The summed E-state index contributed by atoms with van der Waals surface area (Å²) in [5.41, 5.74) is 0. The van der Waals surface area contributed by atoms with Gasteiger partial charge in [0.2, 0.25) is 5.91 Å². The Morgan fingerprint density at radius 3 is 3.00 bits per heavy atom. The number of rotatable bonds is 5. The highest BCUT2D eigenvalue weighted by atomic mass is 35.5. The molecular formula is C13H21Cl2N3OS. The summed E-state index contributed by atoms with van der Waals surface area (Å²) in [5, 5.41) is 6.22. The van der Waals surface area contributed by atoms with Gasteiger partial charge in [-0.3, -0.25) is 9.69 Å². The molecule has 114 valence electrons. The minimum absolute atomic E-state index is 0. The third kappa shape index (κ3) is 5.58. The van der Waals surface area contributed by atoms with Crippen LogP contribution in [-0.2, 0) is 11.3 Å². The number of hydrogen-bond donors (Lipinski definition) is 2. The van der Waals surface area contributed by atoms with Gasteiger partial charge < -0.3 is 10.6 Å². The Hall–Kier alpha value is -0.330. The van der Waals surface area contributed by atoms with E-state index >= 15 is 0 Å². The molecule has 0 bridgehead atoms. The number of piperidine rings is 1. The van der Waals surface area contributed by atoms with Gasteiger partial charge >= 0.3 is 0 Å². The second kappa shape index (κ2) is 8.85. The number of likely N-dealkylation sites (tertiary alicyclic amines) is 1. The topological polar surface area (TPSA) is 44.4 Å². The molecule has 1 aliphatic heterocycles.